The first-order chi connectivity index (χ1) is 22.2. The summed E-state index contributed by atoms with van der Waals surface area (Å²) in [5.74, 6) is -3.79. The van der Waals surface area contributed by atoms with Gasteiger partial charge in [-0.05, 0) is 56.6 Å². The second-order valence-electron chi connectivity index (χ2n) is 13.1. The molecule has 3 aliphatic heterocycles. The van der Waals surface area contributed by atoms with Gasteiger partial charge in [-0.15, -0.1) is 0 Å². The smallest absolute Gasteiger partial charge is 0.311 e. The third-order valence-corrected chi connectivity index (χ3v) is 11.6. The standard InChI is InChI=1S/C31H40ClFN6O7S/c1-37(2)28(44)26(42)36-31-11-9-30(10-12-31,8-3-4-13-38-14-16-47(45,46)17-15-38)19-39-27(43)24(40)23(35-29(31)39)25(41)34-18-20-6-5-7-21(32)22(20)33/h5-7,40H,3-4,8-19H2,1-2H3,(H,34,41)(H,36,42). The SMILES string of the molecule is CN(C)C(=O)C(=O)NC12CCC(CCCCN3CCS(=O)(=O)CC3)(CC1)Cn1c2nc(C(=O)NCc2cccc(Cl)c2F)c(O)c1=O. The van der Waals surface area contributed by atoms with E-state index in [0.717, 1.165) is 30.7 Å². The van der Waals surface area contributed by atoms with E-state index < -0.39 is 55.9 Å². The number of hydrogen-bond donors (Lipinski definition) is 3. The summed E-state index contributed by atoms with van der Waals surface area (Å²) in [7, 11) is -0.0723. The highest BCUT2D eigenvalue weighted by atomic mass is 35.5. The number of sulfone groups is 1. The Balaban J connectivity index is 1.41. The molecule has 0 radical (unpaired) electrons. The van der Waals surface area contributed by atoms with E-state index in [1.54, 1.807) is 0 Å². The maximum absolute atomic E-state index is 14.4. The van der Waals surface area contributed by atoms with Crippen LogP contribution in [-0.2, 0) is 38.1 Å². The van der Waals surface area contributed by atoms with Crippen molar-refractivity contribution in [2.75, 3.05) is 45.2 Å². The minimum absolute atomic E-state index is 0.0770. The summed E-state index contributed by atoms with van der Waals surface area (Å²) in [4.78, 5) is 60.5. The molecule has 256 valence electrons. The van der Waals surface area contributed by atoms with Crippen LogP contribution in [0.5, 0.6) is 5.75 Å². The molecule has 16 heteroatoms. The molecule has 1 aromatic carbocycles. The van der Waals surface area contributed by atoms with Crippen LogP contribution in [0.4, 0.5) is 4.39 Å². The van der Waals surface area contributed by atoms with Gasteiger partial charge in [-0.1, -0.05) is 30.2 Å². The predicted molar refractivity (Wildman–Crippen MR) is 171 cm³/mol. The minimum atomic E-state index is -2.96. The molecule has 13 nitrogen and oxygen atoms in total. The lowest BCUT2D eigenvalue weighted by Gasteiger charge is -2.42. The maximum Gasteiger partial charge on any atom is 0.311 e. The molecule has 2 bridgehead atoms. The lowest BCUT2D eigenvalue weighted by atomic mass is 9.66. The molecular weight excluding hydrogens is 655 g/mol. The first kappa shape index (κ1) is 34.8. The number of halogens is 2. The molecule has 3 N–H and O–H groups in total. The molecule has 1 aliphatic carbocycles. The molecule has 3 amide bonds. The number of carbonyl (C=O) groups excluding carboxylic acids is 3. The number of likely N-dealkylation sites (N-methyl/N-ethyl adjacent to an activating group) is 1. The molecule has 0 spiro atoms. The number of aromatic hydroxyl groups is 1. The van der Waals surface area contributed by atoms with Crippen LogP contribution < -0.4 is 16.2 Å². The van der Waals surface area contributed by atoms with Crippen molar-refractivity contribution in [2.45, 2.75) is 63.6 Å². The highest BCUT2D eigenvalue weighted by molar-refractivity contribution is 7.91. The molecule has 2 fully saturated rings. The summed E-state index contributed by atoms with van der Waals surface area (Å²) >= 11 is 5.85. The maximum atomic E-state index is 14.4. The summed E-state index contributed by atoms with van der Waals surface area (Å²) in [6, 6.07) is 4.32. The third-order valence-electron chi connectivity index (χ3n) is 9.74. The van der Waals surface area contributed by atoms with Crippen LogP contribution in [0.15, 0.2) is 23.0 Å². The summed E-state index contributed by atoms with van der Waals surface area (Å²) in [5, 5.41) is 16.1. The number of benzene rings is 1. The van der Waals surface area contributed by atoms with Crippen LogP contribution in [0.1, 0.15) is 66.8 Å². The van der Waals surface area contributed by atoms with E-state index in [4.69, 9.17) is 11.6 Å². The Morgan fingerprint density at radius 3 is 2.45 bits per heavy atom. The van der Waals surface area contributed by atoms with E-state index in [2.05, 4.69) is 20.5 Å². The normalized spacial score (nSPS) is 23.4. The average Bonchev–Trinajstić information content (AvgIpc) is 3.25. The highest BCUT2D eigenvalue weighted by Gasteiger charge is 2.51. The van der Waals surface area contributed by atoms with Crippen molar-refractivity contribution >= 4 is 39.2 Å². The minimum Gasteiger partial charge on any atom is -0.501 e. The molecule has 4 aliphatic rings. The van der Waals surface area contributed by atoms with Crippen molar-refractivity contribution in [1.29, 1.82) is 0 Å². The number of hydrogen-bond acceptors (Lipinski definition) is 9. The Morgan fingerprint density at radius 2 is 1.79 bits per heavy atom. The first-order valence-corrected chi connectivity index (χ1v) is 17.9. The van der Waals surface area contributed by atoms with Crippen molar-refractivity contribution in [3.63, 3.8) is 0 Å². The van der Waals surface area contributed by atoms with Crippen molar-refractivity contribution < 1.29 is 32.3 Å². The summed E-state index contributed by atoms with van der Waals surface area (Å²) < 4.78 is 39.3. The first-order valence-electron chi connectivity index (χ1n) is 15.7. The molecular formula is C31H40ClFN6O7S. The van der Waals surface area contributed by atoms with Crippen LogP contribution in [0.3, 0.4) is 0 Å². The van der Waals surface area contributed by atoms with E-state index in [1.165, 1.54) is 36.9 Å². The highest BCUT2D eigenvalue weighted by Crippen LogP contribution is 2.51. The second-order valence-corrected chi connectivity index (χ2v) is 15.8. The van der Waals surface area contributed by atoms with Gasteiger partial charge in [0.25, 0.3) is 11.5 Å². The zero-order valence-electron chi connectivity index (χ0n) is 26.5. The number of unbranched alkanes of at least 4 members (excludes halogenated alkanes) is 1. The van der Waals surface area contributed by atoms with Gasteiger partial charge in [0.2, 0.25) is 5.75 Å². The van der Waals surface area contributed by atoms with Crippen molar-refractivity contribution in [2.24, 2.45) is 5.41 Å². The molecule has 0 atom stereocenters. The fourth-order valence-electron chi connectivity index (χ4n) is 6.88. The van der Waals surface area contributed by atoms with Gasteiger partial charge in [-0.3, -0.25) is 23.7 Å². The summed E-state index contributed by atoms with van der Waals surface area (Å²) in [6.45, 7) is 1.69. The number of nitrogens with zero attached hydrogens (tertiary/aromatic N) is 4. The van der Waals surface area contributed by atoms with E-state index >= 15 is 0 Å². The zero-order chi connectivity index (χ0) is 34.1. The van der Waals surface area contributed by atoms with Gasteiger partial charge in [-0.25, -0.2) is 17.8 Å². The van der Waals surface area contributed by atoms with Crippen LogP contribution in [0, 0.1) is 11.2 Å². The Morgan fingerprint density at radius 1 is 1.11 bits per heavy atom. The van der Waals surface area contributed by atoms with Gasteiger partial charge in [0, 0.05) is 45.8 Å². The van der Waals surface area contributed by atoms with Crippen molar-refractivity contribution in [3.05, 3.63) is 56.5 Å². The summed E-state index contributed by atoms with van der Waals surface area (Å²) in [5.41, 5.74) is -2.97. The lowest BCUT2D eigenvalue weighted by molar-refractivity contribution is -0.145. The Labute approximate surface area is 277 Å². The molecule has 4 heterocycles. The lowest BCUT2D eigenvalue weighted by Crippen LogP contribution is -2.54. The van der Waals surface area contributed by atoms with Crippen molar-refractivity contribution in [3.8, 4) is 5.75 Å². The topological polar surface area (TPSA) is 171 Å². The second kappa shape index (κ2) is 13.5. The monoisotopic (exact) mass is 694 g/mol. The van der Waals surface area contributed by atoms with Gasteiger partial charge in [0.1, 0.15) is 11.6 Å². The van der Waals surface area contributed by atoms with Gasteiger partial charge >= 0.3 is 11.8 Å². The average molecular weight is 695 g/mol. The predicted octanol–water partition coefficient (Wildman–Crippen LogP) is 1.55. The fourth-order valence-corrected chi connectivity index (χ4v) is 8.35. The van der Waals surface area contributed by atoms with E-state index in [9.17, 15) is 37.1 Å². The van der Waals surface area contributed by atoms with Crippen LogP contribution >= 0.6 is 11.6 Å². The third kappa shape index (κ3) is 7.31. The van der Waals surface area contributed by atoms with Gasteiger partial charge < -0.3 is 25.5 Å². The number of fused-ring (bicyclic) bond motifs is 2. The Kier molecular flexibility index (Phi) is 10.00. The largest absolute Gasteiger partial charge is 0.501 e. The molecule has 1 aromatic heterocycles. The molecule has 1 saturated carbocycles. The molecule has 47 heavy (non-hydrogen) atoms. The van der Waals surface area contributed by atoms with Gasteiger partial charge in [0.05, 0.1) is 22.1 Å². The number of amides is 3. The van der Waals surface area contributed by atoms with Gasteiger partial charge in [0.15, 0.2) is 15.5 Å². The number of rotatable bonds is 9. The van der Waals surface area contributed by atoms with Crippen LogP contribution in [0.2, 0.25) is 5.02 Å². The van der Waals surface area contributed by atoms with E-state index in [-0.39, 0.29) is 46.4 Å². The molecule has 0 unspecified atom stereocenters. The quantitative estimate of drug-likeness (QED) is 0.260. The summed E-state index contributed by atoms with van der Waals surface area (Å²) in [6.07, 6.45) is 4.24. The van der Waals surface area contributed by atoms with E-state index in [1.807, 2.05) is 0 Å². The number of nitrogens with one attached hydrogen (secondary N) is 2. The van der Waals surface area contributed by atoms with Crippen LogP contribution in [0.25, 0.3) is 0 Å². The Bertz CT molecular complexity index is 1730. The van der Waals surface area contributed by atoms with Crippen molar-refractivity contribution in [1.82, 2.24) is 30.0 Å². The Hall–Kier alpha value is -3.56. The molecule has 6 rings (SSSR count). The zero-order valence-corrected chi connectivity index (χ0v) is 28.1. The fraction of sp³-hybridized carbons (Fsp3) is 0.581. The van der Waals surface area contributed by atoms with Gasteiger partial charge in [-0.2, -0.15) is 0 Å². The number of carbonyl (C=O) groups is 3. The van der Waals surface area contributed by atoms with E-state index in [0.29, 0.717) is 38.8 Å². The molecule has 2 aromatic rings. The number of aromatic nitrogens is 2. The molecule has 1 saturated heterocycles. The van der Waals surface area contributed by atoms with Crippen LogP contribution in [-0.4, -0.2) is 95.8 Å².